The fourth-order valence-corrected chi connectivity index (χ4v) is 8.27. The molecule has 7 aromatic carbocycles. The number of para-hydroxylation sites is 1. The van der Waals surface area contributed by atoms with Crippen molar-refractivity contribution in [2.75, 3.05) is 30.1 Å². The number of aryl methyl sites for hydroxylation is 1. The minimum atomic E-state index is -4.89. The van der Waals surface area contributed by atoms with Gasteiger partial charge in [-0.25, -0.2) is 0 Å². The lowest BCUT2D eigenvalue weighted by molar-refractivity contribution is 0.102. The molecule has 340 valence electrons. The van der Waals surface area contributed by atoms with Crippen LogP contribution in [0, 0.1) is 6.92 Å². The number of nitrogens with one attached hydrogen (secondary N) is 2. The van der Waals surface area contributed by atoms with Crippen molar-refractivity contribution in [3.8, 4) is 17.2 Å². The molecule has 0 aromatic heterocycles. The molecule has 0 aliphatic rings. The summed E-state index contributed by atoms with van der Waals surface area (Å²) in [7, 11) is -12.4. The molecule has 0 heterocycles. The van der Waals surface area contributed by atoms with Gasteiger partial charge in [-0.1, -0.05) is 18.2 Å². The molecule has 1 amide bonds. The van der Waals surface area contributed by atoms with Gasteiger partial charge in [-0.15, -0.1) is 10.2 Å². The van der Waals surface area contributed by atoms with E-state index in [9.17, 15) is 44.3 Å². The summed E-state index contributed by atoms with van der Waals surface area (Å²) in [6, 6.07) is 31.3. The third-order valence-corrected chi connectivity index (χ3v) is 12.3. The number of anilines is 3. The number of aromatic hydroxyl groups is 1. The zero-order valence-corrected chi connectivity index (χ0v) is 37.1. The molecule has 66 heavy (non-hydrogen) atoms. The second kappa shape index (κ2) is 19.0. The maximum atomic E-state index is 13.2. The Bertz CT molecular complexity index is 3430. The second-order valence-electron chi connectivity index (χ2n) is 14.5. The quantitative estimate of drug-likeness (QED) is 0.0298. The topological polar surface area (TPSA) is 292 Å². The normalized spacial score (nSPS) is 12.3. The van der Waals surface area contributed by atoms with Gasteiger partial charge in [0.05, 0.1) is 35.7 Å². The first kappa shape index (κ1) is 46.6. The smallest absolute Gasteiger partial charge is 0.296 e. The molecule has 7 aromatic rings. The van der Waals surface area contributed by atoms with Gasteiger partial charge in [0.15, 0.2) is 5.75 Å². The molecule has 6 N–H and O–H groups in total. The van der Waals surface area contributed by atoms with Crippen molar-refractivity contribution >= 4 is 97.6 Å². The Morgan fingerprint density at radius 3 is 2.00 bits per heavy atom. The largest absolute Gasteiger partial charge is 0.505 e. The van der Waals surface area contributed by atoms with Gasteiger partial charge >= 0.3 is 0 Å². The summed E-state index contributed by atoms with van der Waals surface area (Å²) in [6.07, 6.45) is -0.0935. The number of hydrogen-bond acceptors (Lipinski definition) is 15. The van der Waals surface area contributed by atoms with Gasteiger partial charge in [0, 0.05) is 45.5 Å². The molecule has 0 saturated carbocycles. The highest BCUT2D eigenvalue weighted by Crippen LogP contribution is 2.44. The molecule has 0 unspecified atom stereocenters. The number of hydrogen-bond donors (Lipinski definition) is 6. The fraction of sp³-hybridized carbons (Fsp3) is 0.114. The number of ether oxygens (including phenoxy) is 2. The van der Waals surface area contributed by atoms with E-state index < -0.39 is 63.2 Å². The SMILES string of the molecule is COc1cc(N=Nc2ccc(C(=O)Nc3ccc4c(OCCCS(=O)(=O)O)cc(S(=O)(=O)O)cc4c3)cc2)c(C)cc1N=Nc1c(S(=O)(=O)O)cc2cc(Nc3ccccc3)ccc2c1O. The van der Waals surface area contributed by atoms with Crippen molar-refractivity contribution in [3.63, 3.8) is 0 Å². The monoisotopic (exact) mass is 954 g/mol. The molecule has 19 nitrogen and oxygen atoms in total. The van der Waals surface area contributed by atoms with Gasteiger partial charge in [0.2, 0.25) is 0 Å². The van der Waals surface area contributed by atoms with Gasteiger partial charge in [-0.3, -0.25) is 18.5 Å². The van der Waals surface area contributed by atoms with Crippen LogP contribution in [-0.4, -0.2) is 69.4 Å². The predicted molar refractivity (Wildman–Crippen MR) is 246 cm³/mol. The maximum absolute atomic E-state index is 13.2. The van der Waals surface area contributed by atoms with Crippen molar-refractivity contribution < 1.29 is 58.3 Å². The molecule has 0 atom stereocenters. The first-order valence-corrected chi connectivity index (χ1v) is 23.9. The summed E-state index contributed by atoms with van der Waals surface area (Å²) >= 11 is 0. The lowest BCUT2D eigenvalue weighted by Gasteiger charge is -2.13. The minimum absolute atomic E-state index is 0.0234. The molecule has 7 rings (SSSR count). The number of azo groups is 2. The molecule has 0 aliphatic carbocycles. The van der Waals surface area contributed by atoms with E-state index in [2.05, 4.69) is 31.1 Å². The molecule has 22 heteroatoms. The van der Waals surface area contributed by atoms with E-state index in [0.29, 0.717) is 33.4 Å². The van der Waals surface area contributed by atoms with E-state index in [1.807, 2.05) is 30.3 Å². The molecule has 0 radical (unpaired) electrons. The molecule has 0 saturated heterocycles. The summed E-state index contributed by atoms with van der Waals surface area (Å²) in [5.41, 5.74) is 2.82. The first-order chi connectivity index (χ1) is 31.3. The van der Waals surface area contributed by atoms with E-state index in [1.54, 1.807) is 49.4 Å². The highest BCUT2D eigenvalue weighted by Gasteiger charge is 2.23. The summed E-state index contributed by atoms with van der Waals surface area (Å²) in [5.74, 6) is -1.44. The fourth-order valence-electron chi connectivity index (χ4n) is 6.60. The van der Waals surface area contributed by atoms with E-state index in [0.717, 1.165) is 11.8 Å². The number of phenols is 1. The number of amides is 1. The van der Waals surface area contributed by atoms with Gasteiger partial charge in [-0.2, -0.15) is 35.5 Å². The number of nitrogens with zero attached hydrogens (tertiary/aromatic N) is 4. The Morgan fingerprint density at radius 2 is 1.32 bits per heavy atom. The number of phenolic OH excluding ortho intramolecular Hbond substituents is 1. The average molecular weight is 955 g/mol. The van der Waals surface area contributed by atoms with Crippen LogP contribution in [-0.2, 0) is 30.4 Å². The van der Waals surface area contributed by atoms with Gasteiger partial charge in [0.1, 0.15) is 27.8 Å². The Balaban J connectivity index is 1.06. The molecule has 0 bridgehead atoms. The predicted octanol–water partition coefficient (Wildman–Crippen LogP) is 9.99. The average Bonchev–Trinajstić information content (AvgIpc) is 3.26. The lowest BCUT2D eigenvalue weighted by atomic mass is 10.1. The van der Waals surface area contributed by atoms with Crippen LogP contribution in [0.4, 0.5) is 39.8 Å². The number of methoxy groups -OCH3 is 1. The van der Waals surface area contributed by atoms with E-state index in [4.69, 9.17) is 14.0 Å². The van der Waals surface area contributed by atoms with E-state index in [-0.39, 0.29) is 52.2 Å². The van der Waals surface area contributed by atoms with E-state index in [1.165, 1.54) is 49.6 Å². The van der Waals surface area contributed by atoms with Crippen molar-refractivity contribution in [1.82, 2.24) is 0 Å². The minimum Gasteiger partial charge on any atom is -0.505 e. The maximum Gasteiger partial charge on any atom is 0.296 e. The molecular formula is C44H38N6O13S3. The van der Waals surface area contributed by atoms with Gasteiger partial charge in [0.25, 0.3) is 36.3 Å². The van der Waals surface area contributed by atoms with Crippen LogP contribution in [0.1, 0.15) is 22.3 Å². The number of carbonyl (C=O) groups excluding carboxylic acids is 1. The van der Waals surface area contributed by atoms with Crippen molar-refractivity contribution in [2.45, 2.75) is 23.1 Å². The van der Waals surface area contributed by atoms with Crippen molar-refractivity contribution in [3.05, 3.63) is 132 Å². The third kappa shape index (κ3) is 11.3. The van der Waals surface area contributed by atoms with E-state index >= 15 is 0 Å². The van der Waals surface area contributed by atoms with Crippen LogP contribution >= 0.6 is 0 Å². The number of rotatable bonds is 16. The molecule has 0 aliphatic heterocycles. The third-order valence-electron chi connectivity index (χ3n) is 9.80. The standard InChI is InChI=1S/C44H38N6O13S3/c1-26-19-38(49-50-42-41(66(59,60)61)23-29-21-32(14-16-36(29)43(42)51)45-30-7-4-3-5-8-30)40(62-2)25-37(26)48-47-31-11-9-27(10-12-31)44(52)46-33-13-15-35-28(20-33)22-34(65(56,57)58)24-39(35)63-17-6-18-64(53,54)55/h3-5,7-16,19-25,45,51H,6,17-18H2,1-2H3,(H,46,52)(H,53,54,55)(H,56,57,58)(H,59,60,61). The van der Waals surface area contributed by atoms with Crippen LogP contribution in [0.15, 0.2) is 152 Å². The zero-order chi connectivity index (χ0) is 47.4. The lowest BCUT2D eigenvalue weighted by Crippen LogP contribution is -2.11. The summed E-state index contributed by atoms with van der Waals surface area (Å²) in [6.45, 7) is 1.52. The zero-order valence-electron chi connectivity index (χ0n) is 34.6. The van der Waals surface area contributed by atoms with Crippen molar-refractivity contribution in [1.29, 1.82) is 0 Å². The van der Waals surface area contributed by atoms with Crippen molar-refractivity contribution in [2.24, 2.45) is 20.5 Å². The second-order valence-corrected chi connectivity index (χ2v) is 18.9. The molecular weight excluding hydrogens is 917 g/mol. The highest BCUT2D eigenvalue weighted by atomic mass is 32.2. The Kier molecular flexibility index (Phi) is 13.4. The molecule has 0 spiro atoms. The Morgan fingerprint density at radius 1 is 0.652 bits per heavy atom. The van der Waals surface area contributed by atoms with Crippen LogP contribution in [0.2, 0.25) is 0 Å². The van der Waals surface area contributed by atoms with Crippen LogP contribution in [0.5, 0.6) is 17.2 Å². The van der Waals surface area contributed by atoms with Gasteiger partial charge in [-0.05, 0) is 121 Å². The summed E-state index contributed by atoms with van der Waals surface area (Å²) < 4.78 is 111. The summed E-state index contributed by atoms with van der Waals surface area (Å²) in [4.78, 5) is 12.0. The summed E-state index contributed by atoms with van der Waals surface area (Å²) in [5, 5.41) is 35.2. The Hall–Kier alpha value is -7.34. The number of benzene rings is 7. The number of carbonyl (C=O) groups is 1. The van der Waals surface area contributed by atoms with Crippen LogP contribution in [0.25, 0.3) is 21.5 Å². The van der Waals surface area contributed by atoms with Gasteiger partial charge < -0.3 is 25.2 Å². The number of fused-ring (bicyclic) bond motifs is 2. The Labute approximate surface area is 377 Å². The highest BCUT2D eigenvalue weighted by molar-refractivity contribution is 7.86. The first-order valence-electron chi connectivity index (χ1n) is 19.4. The van der Waals surface area contributed by atoms with Crippen LogP contribution in [0.3, 0.4) is 0 Å². The van der Waals surface area contributed by atoms with Crippen LogP contribution < -0.4 is 20.1 Å². The molecule has 0 fully saturated rings.